The van der Waals surface area contributed by atoms with E-state index in [0.29, 0.717) is 50.6 Å². The molecule has 1 fully saturated rings. The fraction of sp³-hybridized carbons (Fsp3) is 0.579. The number of carbonyl (C=O) groups excluding carboxylic acids is 2. The fourth-order valence-electron chi connectivity index (χ4n) is 2.93. The lowest BCUT2D eigenvalue weighted by Crippen LogP contribution is -2.53. The molecule has 0 radical (unpaired) electrons. The highest BCUT2D eigenvalue weighted by atomic mass is 32.2. The van der Waals surface area contributed by atoms with E-state index in [4.69, 9.17) is 9.47 Å². The molecule has 0 unspecified atom stereocenters. The van der Waals surface area contributed by atoms with Crippen molar-refractivity contribution in [2.24, 2.45) is 0 Å². The summed E-state index contributed by atoms with van der Waals surface area (Å²) in [7, 11) is -1.87. The number of carbonyl (C=O) groups is 2. The van der Waals surface area contributed by atoms with Crippen LogP contribution < -0.4 is 9.04 Å². The van der Waals surface area contributed by atoms with E-state index >= 15 is 0 Å². The summed E-state index contributed by atoms with van der Waals surface area (Å²) in [6, 6.07) is 6.55. The Hall–Kier alpha value is -2.49. The van der Waals surface area contributed by atoms with Crippen molar-refractivity contribution in [1.82, 2.24) is 9.80 Å². The van der Waals surface area contributed by atoms with Crippen molar-refractivity contribution in [3.63, 3.8) is 0 Å². The van der Waals surface area contributed by atoms with Gasteiger partial charge in [-0.25, -0.2) is 13.2 Å². The molecule has 1 aromatic carbocycles. The highest BCUT2D eigenvalue weighted by Crippen LogP contribution is 2.22. The number of ether oxygens (including phenoxy) is 2. The summed E-state index contributed by atoms with van der Waals surface area (Å²) in [4.78, 5) is 27.9. The van der Waals surface area contributed by atoms with Gasteiger partial charge in [-0.15, -0.1) is 0 Å². The van der Waals surface area contributed by atoms with E-state index < -0.39 is 16.1 Å². The van der Waals surface area contributed by atoms with Gasteiger partial charge in [0.15, 0.2) is 6.10 Å². The van der Waals surface area contributed by atoms with Gasteiger partial charge in [0.2, 0.25) is 10.0 Å². The molecule has 1 aliphatic rings. The molecule has 2 amide bonds. The Morgan fingerprint density at radius 2 is 1.62 bits per heavy atom. The highest BCUT2D eigenvalue weighted by molar-refractivity contribution is 7.92. The summed E-state index contributed by atoms with van der Waals surface area (Å²) in [6.45, 7) is 5.64. The van der Waals surface area contributed by atoms with Crippen LogP contribution in [0.1, 0.15) is 20.3 Å². The molecule has 0 aromatic heterocycles. The van der Waals surface area contributed by atoms with Crippen molar-refractivity contribution in [3.8, 4) is 5.75 Å². The maximum atomic E-state index is 12.8. The topological polar surface area (TPSA) is 96.5 Å². The van der Waals surface area contributed by atoms with Gasteiger partial charge in [-0.05, 0) is 37.6 Å². The zero-order valence-corrected chi connectivity index (χ0v) is 18.1. The standard InChI is InChI=1S/C19H29N3O6S/c1-5-17(18(23)21-11-13-22(14-12-21)19(24)27-6-2)28-16-9-7-15(8-10-16)20(3)29(4,25)26/h7-10,17H,5-6,11-14H2,1-4H3/t17-/m0/s1. The largest absolute Gasteiger partial charge is 0.481 e. The Labute approximate surface area is 172 Å². The summed E-state index contributed by atoms with van der Waals surface area (Å²) in [5.41, 5.74) is 0.509. The lowest BCUT2D eigenvalue weighted by atomic mass is 10.2. The van der Waals surface area contributed by atoms with Gasteiger partial charge in [0.05, 0.1) is 18.6 Å². The van der Waals surface area contributed by atoms with Gasteiger partial charge in [0.1, 0.15) is 5.75 Å². The van der Waals surface area contributed by atoms with Crippen LogP contribution in [0.2, 0.25) is 0 Å². The lowest BCUT2D eigenvalue weighted by molar-refractivity contribution is -0.140. The zero-order chi connectivity index (χ0) is 21.6. The van der Waals surface area contributed by atoms with E-state index in [1.807, 2.05) is 6.92 Å². The third kappa shape index (κ3) is 5.99. The van der Waals surface area contributed by atoms with E-state index in [1.54, 1.807) is 41.0 Å². The molecule has 2 rings (SSSR count). The summed E-state index contributed by atoms with van der Waals surface area (Å²) in [5, 5.41) is 0. The van der Waals surface area contributed by atoms with E-state index in [9.17, 15) is 18.0 Å². The van der Waals surface area contributed by atoms with Crippen LogP contribution in [-0.2, 0) is 19.6 Å². The van der Waals surface area contributed by atoms with E-state index in [-0.39, 0.29) is 12.0 Å². The monoisotopic (exact) mass is 427 g/mol. The quantitative estimate of drug-likeness (QED) is 0.655. The molecule has 1 atom stereocenters. The van der Waals surface area contributed by atoms with Crippen LogP contribution in [0.5, 0.6) is 5.75 Å². The van der Waals surface area contributed by atoms with E-state index in [1.165, 1.54) is 11.4 Å². The van der Waals surface area contributed by atoms with Gasteiger partial charge >= 0.3 is 6.09 Å². The van der Waals surface area contributed by atoms with Crippen LogP contribution in [-0.4, -0.2) is 82.4 Å². The molecule has 0 spiro atoms. The molecule has 1 saturated heterocycles. The number of anilines is 1. The van der Waals surface area contributed by atoms with Crippen molar-refractivity contribution < 1.29 is 27.5 Å². The van der Waals surface area contributed by atoms with Crippen LogP contribution in [0.4, 0.5) is 10.5 Å². The average molecular weight is 428 g/mol. The van der Waals surface area contributed by atoms with E-state index in [0.717, 1.165) is 6.26 Å². The smallest absolute Gasteiger partial charge is 0.409 e. The molecule has 1 aromatic rings. The second-order valence-electron chi connectivity index (χ2n) is 6.75. The predicted molar refractivity (Wildman–Crippen MR) is 110 cm³/mol. The number of rotatable bonds is 7. The second-order valence-corrected chi connectivity index (χ2v) is 8.76. The van der Waals surface area contributed by atoms with Crippen molar-refractivity contribution in [1.29, 1.82) is 0 Å². The molecular formula is C19H29N3O6S. The molecule has 9 nitrogen and oxygen atoms in total. The van der Waals surface area contributed by atoms with Gasteiger partial charge in [-0.1, -0.05) is 6.92 Å². The minimum absolute atomic E-state index is 0.131. The Kier molecular flexibility index (Phi) is 7.72. The number of hydrogen-bond acceptors (Lipinski definition) is 6. The zero-order valence-electron chi connectivity index (χ0n) is 17.3. The summed E-state index contributed by atoms with van der Waals surface area (Å²) < 4.78 is 35.2. The molecule has 0 saturated carbocycles. The molecule has 162 valence electrons. The Balaban J connectivity index is 1.96. The first-order chi connectivity index (χ1) is 13.7. The Bertz CT molecular complexity index is 804. The predicted octanol–water partition coefficient (Wildman–Crippen LogP) is 1.54. The van der Waals surface area contributed by atoms with Gasteiger partial charge in [0, 0.05) is 33.2 Å². The first kappa shape index (κ1) is 22.8. The maximum absolute atomic E-state index is 12.8. The highest BCUT2D eigenvalue weighted by Gasteiger charge is 2.29. The lowest BCUT2D eigenvalue weighted by Gasteiger charge is -2.35. The third-order valence-corrected chi connectivity index (χ3v) is 5.95. The van der Waals surface area contributed by atoms with Crippen LogP contribution >= 0.6 is 0 Å². The van der Waals surface area contributed by atoms with Crippen molar-refractivity contribution in [2.45, 2.75) is 26.4 Å². The SMILES string of the molecule is CCOC(=O)N1CCN(C(=O)[C@H](CC)Oc2ccc(N(C)S(C)(=O)=O)cc2)CC1. The normalized spacial score (nSPS) is 15.6. The van der Waals surface area contributed by atoms with E-state index in [2.05, 4.69) is 0 Å². The van der Waals surface area contributed by atoms with Crippen LogP contribution in [0, 0.1) is 0 Å². The average Bonchev–Trinajstić information content (AvgIpc) is 2.71. The molecule has 0 bridgehead atoms. The first-order valence-electron chi connectivity index (χ1n) is 9.58. The number of piperazine rings is 1. The molecule has 0 N–H and O–H groups in total. The Morgan fingerprint density at radius 3 is 2.10 bits per heavy atom. The number of sulfonamides is 1. The summed E-state index contributed by atoms with van der Waals surface area (Å²) in [5.74, 6) is 0.356. The number of nitrogens with zero attached hydrogens (tertiary/aromatic N) is 3. The molecule has 10 heteroatoms. The Morgan fingerprint density at radius 1 is 1.07 bits per heavy atom. The summed E-state index contributed by atoms with van der Waals surface area (Å²) in [6.07, 6.45) is 0.608. The minimum atomic E-state index is -3.34. The first-order valence-corrected chi connectivity index (χ1v) is 11.4. The maximum Gasteiger partial charge on any atom is 0.409 e. The van der Waals surface area contributed by atoms with Gasteiger partial charge in [-0.2, -0.15) is 0 Å². The van der Waals surface area contributed by atoms with Crippen molar-refractivity contribution in [3.05, 3.63) is 24.3 Å². The third-order valence-electron chi connectivity index (χ3n) is 4.74. The molecule has 0 aliphatic carbocycles. The molecular weight excluding hydrogens is 398 g/mol. The molecule has 1 aliphatic heterocycles. The number of hydrogen-bond donors (Lipinski definition) is 0. The van der Waals surface area contributed by atoms with Gasteiger partial charge in [-0.3, -0.25) is 9.10 Å². The number of amides is 2. The second kappa shape index (κ2) is 9.82. The molecule has 1 heterocycles. The molecule has 29 heavy (non-hydrogen) atoms. The van der Waals surface area contributed by atoms with Crippen LogP contribution in [0.25, 0.3) is 0 Å². The summed E-state index contributed by atoms with van der Waals surface area (Å²) >= 11 is 0. The van der Waals surface area contributed by atoms with Crippen molar-refractivity contribution in [2.75, 3.05) is 50.4 Å². The van der Waals surface area contributed by atoms with Crippen LogP contribution in [0.3, 0.4) is 0 Å². The van der Waals surface area contributed by atoms with Gasteiger partial charge < -0.3 is 19.3 Å². The number of benzene rings is 1. The fourth-order valence-corrected chi connectivity index (χ4v) is 3.43. The van der Waals surface area contributed by atoms with Crippen molar-refractivity contribution >= 4 is 27.7 Å². The minimum Gasteiger partial charge on any atom is -0.481 e. The van der Waals surface area contributed by atoms with Gasteiger partial charge in [0.25, 0.3) is 5.91 Å². The van der Waals surface area contributed by atoms with Crippen LogP contribution in [0.15, 0.2) is 24.3 Å².